The maximum Gasteiger partial charge on any atom is 3.00 e. The molecular weight excluding hydrogens is 380 g/mol. The summed E-state index contributed by atoms with van der Waals surface area (Å²) in [6, 6.07) is 0. The van der Waals surface area contributed by atoms with E-state index >= 15 is 0 Å². The van der Waals surface area contributed by atoms with E-state index in [-0.39, 0.29) is 36.3 Å². The van der Waals surface area contributed by atoms with Crippen LogP contribution in [0.4, 0.5) is 0 Å². The zero-order chi connectivity index (χ0) is 19.7. The Morgan fingerprint density at radius 1 is 0.520 bits per heavy atom. The molecule has 0 atom stereocenters. The molecule has 0 aromatic carbocycles. The molecule has 0 aliphatic carbocycles. The molecule has 0 N–H and O–H groups in total. The molecule has 25 heavy (non-hydrogen) atoms. The van der Waals surface area contributed by atoms with Gasteiger partial charge in [-0.25, -0.2) is 0 Å². The summed E-state index contributed by atoms with van der Waals surface area (Å²) in [5.74, 6) is -7.17. The smallest absolute Gasteiger partial charge is 0.542 e. The standard InChI is InChI=1S/3C5H8O3.Fe/c3*1-2-3-4(6)5(7)8;/h3*2-3H2,1H3,(H,7,8);/q;;;+3/p-3. The van der Waals surface area contributed by atoms with Gasteiger partial charge >= 0.3 is 17.1 Å². The van der Waals surface area contributed by atoms with Crippen LogP contribution in [0.2, 0.25) is 0 Å². The third-order valence-electron chi connectivity index (χ3n) is 2.11. The Kier molecular flexibility index (Phi) is 24.6. The fourth-order valence-corrected chi connectivity index (χ4v) is 0.987. The van der Waals surface area contributed by atoms with E-state index in [4.69, 9.17) is 0 Å². The first-order valence-electron chi connectivity index (χ1n) is 7.27. The number of hydrogen-bond acceptors (Lipinski definition) is 9. The molecule has 0 amide bonds. The fourth-order valence-electron chi connectivity index (χ4n) is 0.987. The summed E-state index contributed by atoms with van der Waals surface area (Å²) in [6.45, 7) is 5.21. The van der Waals surface area contributed by atoms with E-state index in [0.29, 0.717) is 19.3 Å². The predicted octanol–water partition coefficient (Wildman–Crippen LogP) is -2.69. The Labute approximate surface area is 156 Å². The van der Waals surface area contributed by atoms with Crippen LogP contribution >= 0.6 is 0 Å². The van der Waals surface area contributed by atoms with Crippen molar-refractivity contribution in [3.05, 3.63) is 0 Å². The number of Topliss-reactive ketones (excluding diaryl/α,β-unsaturated/α-hetero) is 3. The second-order valence-electron chi connectivity index (χ2n) is 4.38. The van der Waals surface area contributed by atoms with Crippen molar-refractivity contribution in [1.82, 2.24) is 0 Å². The first kappa shape index (κ1) is 30.8. The monoisotopic (exact) mass is 401 g/mol. The SMILES string of the molecule is CCCC(=O)C(=O)[O-].CCCC(=O)C(=O)[O-].CCCC(=O)C(=O)[O-].[Fe+3]. The van der Waals surface area contributed by atoms with Gasteiger partial charge in [-0.2, -0.15) is 0 Å². The zero-order valence-corrected chi connectivity index (χ0v) is 15.4. The maximum absolute atomic E-state index is 10.1. The van der Waals surface area contributed by atoms with Gasteiger partial charge in [-0.05, 0) is 19.3 Å². The Bertz CT molecular complexity index is 391. The maximum atomic E-state index is 10.1. The van der Waals surface area contributed by atoms with Crippen molar-refractivity contribution in [2.75, 3.05) is 0 Å². The molecule has 9 nitrogen and oxygen atoms in total. The Morgan fingerprint density at radius 2 is 0.680 bits per heavy atom. The minimum absolute atomic E-state index is 0. The van der Waals surface area contributed by atoms with E-state index in [2.05, 4.69) is 0 Å². The van der Waals surface area contributed by atoms with Gasteiger partial charge in [0.05, 0.1) is 0 Å². The average Bonchev–Trinajstić information content (AvgIpc) is 2.49. The van der Waals surface area contributed by atoms with Gasteiger partial charge in [0.2, 0.25) is 0 Å². The number of hydrogen-bond donors (Lipinski definition) is 0. The van der Waals surface area contributed by atoms with Crippen LogP contribution in [0.5, 0.6) is 0 Å². The minimum atomic E-state index is -1.58. The molecule has 0 aromatic heterocycles. The van der Waals surface area contributed by atoms with Gasteiger partial charge in [-0.3, -0.25) is 14.4 Å². The van der Waals surface area contributed by atoms with E-state index in [1.54, 1.807) is 20.8 Å². The largest absolute Gasteiger partial charge is 3.00 e. The predicted molar refractivity (Wildman–Crippen MR) is 74.8 cm³/mol. The van der Waals surface area contributed by atoms with Crippen molar-refractivity contribution < 1.29 is 61.2 Å². The van der Waals surface area contributed by atoms with Gasteiger partial charge in [0.15, 0.2) is 17.3 Å². The molecule has 0 spiro atoms. The number of rotatable bonds is 9. The van der Waals surface area contributed by atoms with Crippen LogP contribution in [0, 0.1) is 0 Å². The van der Waals surface area contributed by atoms with Gasteiger partial charge < -0.3 is 29.7 Å². The molecule has 0 fully saturated rings. The van der Waals surface area contributed by atoms with Crippen LogP contribution in [0.1, 0.15) is 59.3 Å². The van der Waals surface area contributed by atoms with E-state index in [0.717, 1.165) is 0 Å². The number of carbonyl (C=O) groups excluding carboxylic acids is 6. The van der Waals surface area contributed by atoms with Crippen molar-refractivity contribution in [1.29, 1.82) is 0 Å². The third kappa shape index (κ3) is 24.3. The summed E-state index contributed by atoms with van der Waals surface area (Å²) in [5.41, 5.74) is 0. The molecule has 1 radical (unpaired) electrons. The second kappa shape index (κ2) is 20.0. The molecule has 10 heteroatoms. The van der Waals surface area contributed by atoms with Crippen LogP contribution in [-0.4, -0.2) is 35.3 Å². The Hall–Kier alpha value is -2.06. The van der Waals surface area contributed by atoms with Crippen LogP contribution in [0.15, 0.2) is 0 Å². The molecule has 0 saturated heterocycles. The van der Waals surface area contributed by atoms with Gasteiger partial charge in [0, 0.05) is 19.3 Å². The first-order valence-corrected chi connectivity index (χ1v) is 7.27. The first-order chi connectivity index (χ1) is 11.0. The molecular formula is C15H21FeO9. The molecule has 0 rings (SSSR count). The zero-order valence-electron chi connectivity index (χ0n) is 14.3. The van der Waals surface area contributed by atoms with E-state index in [1.807, 2.05) is 0 Å². The van der Waals surface area contributed by atoms with Crippen molar-refractivity contribution in [2.24, 2.45) is 0 Å². The quantitative estimate of drug-likeness (QED) is 0.295. The van der Waals surface area contributed by atoms with Crippen molar-refractivity contribution in [3.8, 4) is 0 Å². The average molecular weight is 401 g/mol. The Balaban J connectivity index is -0.000000130. The van der Waals surface area contributed by atoms with Gasteiger partial charge in [-0.15, -0.1) is 0 Å². The van der Waals surface area contributed by atoms with E-state index in [1.165, 1.54) is 0 Å². The number of aliphatic carboxylic acids is 3. The van der Waals surface area contributed by atoms with Crippen molar-refractivity contribution in [2.45, 2.75) is 59.3 Å². The number of carboxylic acids is 3. The molecule has 0 aliphatic rings. The molecule has 0 aliphatic heterocycles. The van der Waals surface area contributed by atoms with E-state index < -0.39 is 35.3 Å². The van der Waals surface area contributed by atoms with Crippen LogP contribution < -0.4 is 15.3 Å². The normalized spacial score (nSPS) is 8.28. The van der Waals surface area contributed by atoms with Crippen molar-refractivity contribution >= 4 is 35.3 Å². The number of carbonyl (C=O) groups is 6. The van der Waals surface area contributed by atoms with Crippen LogP contribution in [0.3, 0.4) is 0 Å². The topological polar surface area (TPSA) is 172 Å². The molecule has 0 bridgehead atoms. The van der Waals surface area contributed by atoms with Gasteiger partial charge in [-0.1, -0.05) is 20.8 Å². The van der Waals surface area contributed by atoms with E-state index in [9.17, 15) is 44.1 Å². The van der Waals surface area contributed by atoms with Crippen molar-refractivity contribution in [3.63, 3.8) is 0 Å². The molecule has 0 unspecified atom stereocenters. The van der Waals surface area contributed by atoms with Gasteiger partial charge in [0.1, 0.15) is 17.9 Å². The summed E-state index contributed by atoms with van der Waals surface area (Å²) >= 11 is 0. The molecule has 0 heterocycles. The summed E-state index contributed by atoms with van der Waals surface area (Å²) in [6.07, 6.45) is 1.94. The Morgan fingerprint density at radius 3 is 0.720 bits per heavy atom. The third-order valence-corrected chi connectivity index (χ3v) is 2.11. The summed E-state index contributed by atoms with van der Waals surface area (Å²) in [7, 11) is 0. The fraction of sp³-hybridized carbons (Fsp3) is 0.600. The summed E-state index contributed by atoms with van der Waals surface area (Å²) in [5, 5.41) is 28.9. The second-order valence-corrected chi connectivity index (χ2v) is 4.38. The van der Waals surface area contributed by atoms with Gasteiger partial charge in [0.25, 0.3) is 0 Å². The van der Waals surface area contributed by atoms with Crippen LogP contribution in [-0.2, 0) is 45.8 Å². The summed E-state index contributed by atoms with van der Waals surface area (Å²) in [4.78, 5) is 59.1. The molecule has 143 valence electrons. The number of ketones is 3. The number of carboxylic acid groups (broad SMARTS) is 3. The summed E-state index contributed by atoms with van der Waals surface area (Å²) < 4.78 is 0. The minimum Gasteiger partial charge on any atom is -0.542 e. The molecule has 0 saturated carbocycles. The van der Waals surface area contributed by atoms with Crippen LogP contribution in [0.25, 0.3) is 0 Å². The molecule has 0 aromatic rings.